The molecule has 130 valence electrons. The first kappa shape index (κ1) is 17.9. The molecule has 23 heavy (non-hydrogen) atoms. The predicted octanol–water partition coefficient (Wildman–Crippen LogP) is 1.05. The summed E-state index contributed by atoms with van der Waals surface area (Å²) >= 11 is 0. The lowest BCUT2D eigenvalue weighted by atomic mass is 10.1. The normalized spacial score (nSPS) is 17.5. The minimum Gasteiger partial charge on any atom is -0.335 e. The minimum absolute atomic E-state index is 0.0934. The average Bonchev–Trinajstić information content (AvgIpc) is 2.88. The van der Waals surface area contributed by atoms with Gasteiger partial charge >= 0.3 is 0 Å². The lowest BCUT2D eigenvalue weighted by molar-refractivity contribution is 0.0690. The van der Waals surface area contributed by atoms with Crippen LogP contribution in [0.3, 0.4) is 0 Å². The summed E-state index contributed by atoms with van der Waals surface area (Å²) in [5.74, 6) is -0.0412. The van der Waals surface area contributed by atoms with E-state index >= 15 is 0 Å². The first-order chi connectivity index (χ1) is 10.6. The fraction of sp³-hybridized carbons (Fsp3) is 0.733. The molecule has 7 nitrogen and oxygen atoms in total. The van der Waals surface area contributed by atoms with E-state index in [-0.39, 0.29) is 17.2 Å². The molecule has 0 saturated carbocycles. The molecule has 1 fully saturated rings. The third kappa shape index (κ3) is 3.74. The highest BCUT2D eigenvalue weighted by Crippen LogP contribution is 2.18. The first-order valence-electron chi connectivity index (χ1n) is 7.90. The molecule has 1 aliphatic heterocycles. The number of rotatable bonds is 3. The van der Waals surface area contributed by atoms with Crippen molar-refractivity contribution in [1.29, 1.82) is 0 Å². The molecule has 1 aromatic heterocycles. The molecule has 1 saturated heterocycles. The quantitative estimate of drug-likeness (QED) is 0.823. The molecule has 0 unspecified atom stereocenters. The summed E-state index contributed by atoms with van der Waals surface area (Å²) < 4.78 is 27.0. The highest BCUT2D eigenvalue weighted by Gasteiger charge is 2.29. The highest BCUT2D eigenvalue weighted by molar-refractivity contribution is 7.89. The van der Waals surface area contributed by atoms with E-state index < -0.39 is 10.0 Å². The van der Waals surface area contributed by atoms with Crippen molar-refractivity contribution in [2.75, 3.05) is 31.9 Å². The van der Waals surface area contributed by atoms with E-state index in [2.05, 4.69) is 5.10 Å². The molecule has 0 spiro atoms. The van der Waals surface area contributed by atoms with Crippen LogP contribution in [0.15, 0.2) is 6.07 Å². The number of aromatic nitrogens is 2. The number of carbonyl (C=O) groups excluding carboxylic acids is 1. The summed E-state index contributed by atoms with van der Waals surface area (Å²) in [4.78, 5) is 14.3. The smallest absolute Gasteiger partial charge is 0.274 e. The van der Waals surface area contributed by atoms with Gasteiger partial charge < -0.3 is 4.90 Å². The Labute approximate surface area is 138 Å². The van der Waals surface area contributed by atoms with Crippen LogP contribution in [0.1, 0.15) is 43.9 Å². The number of hydrogen-bond acceptors (Lipinski definition) is 4. The van der Waals surface area contributed by atoms with Gasteiger partial charge in [0.2, 0.25) is 10.0 Å². The molecule has 1 aromatic rings. The van der Waals surface area contributed by atoms with Gasteiger partial charge in [0.15, 0.2) is 5.69 Å². The van der Waals surface area contributed by atoms with Crippen LogP contribution in [-0.2, 0) is 15.6 Å². The third-order valence-electron chi connectivity index (χ3n) is 4.03. The Balaban J connectivity index is 2.09. The van der Waals surface area contributed by atoms with E-state index in [0.717, 1.165) is 5.69 Å². The Hall–Kier alpha value is -1.41. The van der Waals surface area contributed by atoms with Crippen molar-refractivity contribution in [3.8, 4) is 0 Å². The van der Waals surface area contributed by atoms with Gasteiger partial charge in [0.05, 0.1) is 11.3 Å². The third-order valence-corrected chi connectivity index (χ3v) is 5.91. The maximum Gasteiger partial charge on any atom is 0.274 e. The fourth-order valence-corrected chi connectivity index (χ4v) is 3.86. The average molecular weight is 342 g/mol. The lowest BCUT2D eigenvalue weighted by Crippen LogP contribution is -2.51. The Kier molecular flexibility index (Phi) is 4.86. The van der Waals surface area contributed by atoms with Crippen LogP contribution < -0.4 is 0 Å². The van der Waals surface area contributed by atoms with Crippen LogP contribution in [0.25, 0.3) is 0 Å². The number of amides is 1. The largest absolute Gasteiger partial charge is 0.335 e. The molecule has 2 rings (SSSR count). The van der Waals surface area contributed by atoms with Gasteiger partial charge in [-0.25, -0.2) is 8.42 Å². The van der Waals surface area contributed by atoms with Crippen molar-refractivity contribution >= 4 is 15.9 Å². The fourth-order valence-electron chi connectivity index (χ4n) is 2.77. The van der Waals surface area contributed by atoms with Crippen molar-refractivity contribution in [3.05, 3.63) is 17.5 Å². The van der Waals surface area contributed by atoms with E-state index in [1.165, 1.54) is 4.31 Å². The van der Waals surface area contributed by atoms with E-state index in [0.29, 0.717) is 31.9 Å². The second-order valence-corrected chi connectivity index (χ2v) is 9.10. The minimum atomic E-state index is -3.18. The van der Waals surface area contributed by atoms with Gasteiger partial charge in [0.1, 0.15) is 0 Å². The molecule has 0 bridgehead atoms. The van der Waals surface area contributed by atoms with Gasteiger partial charge in [-0.3, -0.25) is 9.48 Å². The lowest BCUT2D eigenvalue weighted by Gasteiger charge is -2.33. The van der Waals surface area contributed by atoms with Crippen LogP contribution in [0.5, 0.6) is 0 Å². The monoisotopic (exact) mass is 342 g/mol. The van der Waals surface area contributed by atoms with Crippen LogP contribution in [0.2, 0.25) is 0 Å². The molecular weight excluding hydrogens is 316 g/mol. The van der Waals surface area contributed by atoms with Gasteiger partial charge in [-0.2, -0.15) is 9.40 Å². The Morgan fingerprint density at radius 1 is 1.22 bits per heavy atom. The van der Waals surface area contributed by atoms with Crippen LogP contribution in [-0.4, -0.2) is 65.2 Å². The van der Waals surface area contributed by atoms with Gasteiger partial charge in [0, 0.05) is 31.9 Å². The van der Waals surface area contributed by atoms with E-state index in [1.54, 1.807) is 17.9 Å². The van der Waals surface area contributed by atoms with Crippen molar-refractivity contribution in [3.63, 3.8) is 0 Å². The van der Waals surface area contributed by atoms with E-state index in [9.17, 15) is 13.2 Å². The maximum absolute atomic E-state index is 12.6. The molecule has 0 aliphatic carbocycles. The Bertz CT molecular complexity index is 680. The molecule has 0 atom stereocenters. The highest BCUT2D eigenvalue weighted by atomic mass is 32.2. The van der Waals surface area contributed by atoms with Crippen molar-refractivity contribution in [1.82, 2.24) is 19.0 Å². The summed E-state index contributed by atoms with van der Waals surface area (Å²) in [6, 6.07) is 1.79. The maximum atomic E-state index is 12.6. The second kappa shape index (κ2) is 6.24. The Morgan fingerprint density at radius 2 is 1.78 bits per heavy atom. The molecule has 0 aromatic carbocycles. The number of aryl methyl sites for hydroxylation is 1. The molecule has 0 radical (unpaired) electrons. The summed E-state index contributed by atoms with van der Waals surface area (Å²) in [5, 5.41) is 4.43. The van der Waals surface area contributed by atoms with Crippen molar-refractivity contribution in [2.45, 2.75) is 40.2 Å². The van der Waals surface area contributed by atoms with Crippen molar-refractivity contribution < 1.29 is 13.2 Å². The number of hydrogen-bond donors (Lipinski definition) is 0. The summed E-state index contributed by atoms with van der Waals surface area (Å²) in [6.07, 6.45) is 0. The molecule has 2 heterocycles. The zero-order valence-electron chi connectivity index (χ0n) is 14.5. The molecule has 0 N–H and O–H groups in total. The number of sulfonamides is 1. The predicted molar refractivity (Wildman–Crippen MR) is 88.9 cm³/mol. The Morgan fingerprint density at radius 3 is 2.22 bits per heavy atom. The number of nitrogens with zero attached hydrogens (tertiary/aromatic N) is 4. The van der Waals surface area contributed by atoms with Crippen molar-refractivity contribution in [2.24, 2.45) is 0 Å². The zero-order valence-corrected chi connectivity index (χ0v) is 15.4. The summed E-state index contributed by atoms with van der Waals surface area (Å²) in [6.45, 7) is 11.2. The molecule has 1 amide bonds. The van der Waals surface area contributed by atoms with E-state index in [4.69, 9.17) is 0 Å². The van der Waals surface area contributed by atoms with Crippen LogP contribution in [0.4, 0.5) is 0 Å². The molecular formula is C15H26N4O3S. The van der Waals surface area contributed by atoms with Gasteiger partial charge in [-0.1, -0.05) is 0 Å². The van der Waals surface area contributed by atoms with Crippen LogP contribution in [0, 0.1) is 6.92 Å². The SMILES string of the molecule is CCS(=O)(=O)N1CCN(C(=O)c2cc(C)n(C(C)(C)C)n2)CC1. The first-order valence-corrected chi connectivity index (χ1v) is 9.51. The molecule has 1 aliphatic rings. The van der Waals surface area contributed by atoms with Gasteiger partial charge in [-0.15, -0.1) is 0 Å². The number of carbonyl (C=O) groups is 1. The molecule has 8 heteroatoms. The standard InChI is InChI=1S/C15H26N4O3S/c1-6-23(21,22)18-9-7-17(8-10-18)14(20)13-11-12(2)19(16-13)15(3,4)5/h11H,6-10H2,1-5H3. The van der Waals surface area contributed by atoms with Crippen LogP contribution >= 0.6 is 0 Å². The topological polar surface area (TPSA) is 75.5 Å². The number of piperazine rings is 1. The zero-order chi connectivity index (χ0) is 17.4. The second-order valence-electron chi connectivity index (χ2n) is 6.85. The van der Waals surface area contributed by atoms with Gasteiger partial charge in [0.25, 0.3) is 5.91 Å². The van der Waals surface area contributed by atoms with E-state index in [1.807, 2.05) is 32.4 Å². The van der Waals surface area contributed by atoms with Gasteiger partial charge in [-0.05, 0) is 40.7 Å². The summed E-state index contributed by atoms with van der Waals surface area (Å²) in [5.41, 5.74) is 1.17. The summed E-state index contributed by atoms with van der Waals surface area (Å²) in [7, 11) is -3.18.